The first-order chi connectivity index (χ1) is 8.24. The predicted molar refractivity (Wildman–Crippen MR) is 58.7 cm³/mol. The molecule has 4 rings (SSSR count). The number of amides is 2. The second-order valence-corrected chi connectivity index (χ2v) is 5.25. The third-order valence-corrected chi connectivity index (χ3v) is 4.41. The highest BCUT2D eigenvalue weighted by molar-refractivity contribution is 6.05. The maximum Gasteiger partial charge on any atom is 0.231 e. The van der Waals surface area contributed by atoms with Gasteiger partial charge in [-0.2, -0.15) is 0 Å². The fourth-order valence-corrected chi connectivity index (χ4v) is 3.67. The minimum absolute atomic E-state index is 0.00977. The van der Waals surface area contributed by atoms with Gasteiger partial charge in [0, 0.05) is 5.92 Å². The Morgan fingerprint density at radius 3 is 2.94 bits per heavy atom. The van der Waals surface area contributed by atoms with E-state index in [4.69, 9.17) is 4.74 Å². The van der Waals surface area contributed by atoms with Gasteiger partial charge in [-0.15, -0.1) is 0 Å². The molecular formula is C13H13NO3. The summed E-state index contributed by atoms with van der Waals surface area (Å²) >= 11 is 0. The number of hydrogen-bond acceptors (Lipinski definition) is 3. The molecule has 1 aliphatic carbocycles. The van der Waals surface area contributed by atoms with Crippen LogP contribution in [0, 0.1) is 17.8 Å². The van der Waals surface area contributed by atoms with Gasteiger partial charge in [0.05, 0.1) is 24.0 Å². The summed E-state index contributed by atoms with van der Waals surface area (Å²) in [5.74, 6) is -0.533. The number of carbonyl (C=O) groups is 2. The molecule has 2 fully saturated rings. The molecule has 17 heavy (non-hydrogen) atoms. The van der Waals surface area contributed by atoms with E-state index in [1.807, 2.05) is 0 Å². The number of rotatable bonds is 0. The molecule has 0 unspecified atom stereocenters. The van der Waals surface area contributed by atoms with Crippen molar-refractivity contribution in [2.24, 2.45) is 17.8 Å². The normalized spacial score (nSPS) is 46.4. The van der Waals surface area contributed by atoms with E-state index in [-0.39, 0.29) is 41.8 Å². The molecule has 0 aromatic heterocycles. The molecule has 3 aliphatic heterocycles. The molecule has 0 aromatic rings. The van der Waals surface area contributed by atoms with Gasteiger partial charge >= 0.3 is 0 Å². The third-order valence-electron chi connectivity index (χ3n) is 4.41. The summed E-state index contributed by atoms with van der Waals surface area (Å²) in [5.41, 5.74) is 1.31. The van der Waals surface area contributed by atoms with E-state index in [1.54, 1.807) is 0 Å². The number of imide groups is 1. The van der Waals surface area contributed by atoms with Gasteiger partial charge in [-0.25, -0.2) is 0 Å². The zero-order chi connectivity index (χ0) is 11.6. The largest absolute Gasteiger partial charge is 0.366 e. The zero-order valence-electron chi connectivity index (χ0n) is 9.26. The van der Waals surface area contributed by atoms with Crippen LogP contribution in [0.5, 0.6) is 0 Å². The van der Waals surface area contributed by atoms with Gasteiger partial charge in [-0.05, 0) is 12.8 Å². The molecule has 1 N–H and O–H groups in total. The number of nitrogens with one attached hydrogen (secondary N) is 1. The van der Waals surface area contributed by atoms with Crippen molar-refractivity contribution >= 4 is 11.8 Å². The Hall–Kier alpha value is -1.42. The summed E-state index contributed by atoms with van der Waals surface area (Å²) in [6.07, 6.45) is 8.03. The van der Waals surface area contributed by atoms with Crippen LogP contribution in [-0.2, 0) is 14.3 Å². The highest BCUT2D eigenvalue weighted by Gasteiger charge is 2.53. The zero-order valence-corrected chi connectivity index (χ0v) is 9.26. The van der Waals surface area contributed by atoms with Gasteiger partial charge in [0.2, 0.25) is 11.8 Å². The molecule has 2 bridgehead atoms. The number of ether oxygens (including phenoxy) is 1. The highest BCUT2D eigenvalue weighted by atomic mass is 16.5. The van der Waals surface area contributed by atoms with Gasteiger partial charge < -0.3 is 4.74 Å². The maximum atomic E-state index is 11.9. The Morgan fingerprint density at radius 1 is 1.18 bits per heavy atom. The van der Waals surface area contributed by atoms with E-state index in [9.17, 15) is 9.59 Å². The summed E-state index contributed by atoms with van der Waals surface area (Å²) in [5, 5.41) is 2.46. The van der Waals surface area contributed by atoms with Crippen molar-refractivity contribution in [2.45, 2.75) is 25.0 Å². The van der Waals surface area contributed by atoms with Crippen molar-refractivity contribution < 1.29 is 14.3 Å². The summed E-state index contributed by atoms with van der Waals surface area (Å²) in [4.78, 5) is 23.6. The van der Waals surface area contributed by atoms with Gasteiger partial charge in [0.1, 0.15) is 0 Å². The van der Waals surface area contributed by atoms with Crippen molar-refractivity contribution in [1.29, 1.82) is 0 Å². The summed E-state index contributed by atoms with van der Waals surface area (Å²) in [6, 6.07) is 0. The molecule has 2 saturated heterocycles. The van der Waals surface area contributed by atoms with Crippen molar-refractivity contribution in [3.8, 4) is 0 Å². The lowest BCUT2D eigenvalue weighted by Gasteiger charge is -2.39. The van der Waals surface area contributed by atoms with Gasteiger partial charge in [-0.1, -0.05) is 23.8 Å². The Kier molecular flexibility index (Phi) is 1.73. The predicted octanol–water partition coefficient (Wildman–Crippen LogP) is 0.549. The molecule has 0 spiro atoms. The minimum atomic E-state index is -0.212. The van der Waals surface area contributed by atoms with Crippen LogP contribution in [0.1, 0.15) is 12.8 Å². The molecular weight excluding hydrogens is 218 g/mol. The van der Waals surface area contributed by atoms with E-state index >= 15 is 0 Å². The summed E-state index contributed by atoms with van der Waals surface area (Å²) in [7, 11) is 0. The van der Waals surface area contributed by atoms with Gasteiger partial charge in [0.15, 0.2) is 0 Å². The Morgan fingerprint density at radius 2 is 2.06 bits per heavy atom. The average Bonchev–Trinajstić information content (AvgIpc) is 2.82. The lowest BCUT2D eigenvalue weighted by molar-refractivity contribution is -0.127. The van der Waals surface area contributed by atoms with Crippen LogP contribution in [0.15, 0.2) is 23.8 Å². The molecule has 4 aliphatic rings. The Bertz CT molecular complexity index is 479. The molecule has 0 aromatic carbocycles. The van der Waals surface area contributed by atoms with Crippen molar-refractivity contribution in [3.05, 3.63) is 23.8 Å². The van der Waals surface area contributed by atoms with Crippen LogP contribution >= 0.6 is 0 Å². The van der Waals surface area contributed by atoms with Crippen LogP contribution in [0.25, 0.3) is 0 Å². The Labute approximate surface area is 98.7 Å². The molecule has 5 atom stereocenters. The molecule has 4 nitrogen and oxygen atoms in total. The van der Waals surface area contributed by atoms with Crippen LogP contribution in [0.4, 0.5) is 0 Å². The summed E-state index contributed by atoms with van der Waals surface area (Å²) < 4.78 is 5.82. The van der Waals surface area contributed by atoms with Gasteiger partial charge in [0.25, 0.3) is 0 Å². The fraction of sp³-hybridized carbons (Fsp3) is 0.538. The minimum Gasteiger partial charge on any atom is -0.366 e. The molecule has 88 valence electrons. The lowest BCUT2D eigenvalue weighted by Crippen LogP contribution is -2.42. The number of fused-ring (bicyclic) bond motifs is 6. The van der Waals surface area contributed by atoms with E-state index < -0.39 is 0 Å². The van der Waals surface area contributed by atoms with Gasteiger partial charge in [-0.3, -0.25) is 14.9 Å². The van der Waals surface area contributed by atoms with E-state index in [0.29, 0.717) is 6.42 Å². The standard InChI is InChI=1S/C13H13NO3/c15-12-8-3-1-6-5-7-2-4-9(17-7)10(6)11(8)13(16)14-12/h1-2,4,7-11H,3,5H2,(H,14,15,16)/t7-,8+,9+,10-,11+/m1/s1. The highest BCUT2D eigenvalue weighted by Crippen LogP contribution is 2.47. The first-order valence-corrected chi connectivity index (χ1v) is 6.11. The lowest BCUT2D eigenvalue weighted by atomic mass is 9.69. The van der Waals surface area contributed by atoms with E-state index in [0.717, 1.165) is 6.42 Å². The fourth-order valence-electron chi connectivity index (χ4n) is 3.67. The van der Waals surface area contributed by atoms with Crippen molar-refractivity contribution in [3.63, 3.8) is 0 Å². The third kappa shape index (κ3) is 1.16. The first kappa shape index (κ1) is 9.59. The van der Waals surface area contributed by atoms with E-state index in [1.165, 1.54) is 5.57 Å². The van der Waals surface area contributed by atoms with E-state index in [2.05, 4.69) is 23.5 Å². The molecule has 2 amide bonds. The number of carbonyl (C=O) groups excluding carboxylic acids is 2. The topological polar surface area (TPSA) is 55.4 Å². The quantitative estimate of drug-likeness (QED) is 0.489. The number of hydrogen-bond donors (Lipinski definition) is 1. The second-order valence-electron chi connectivity index (χ2n) is 5.25. The molecule has 0 radical (unpaired) electrons. The smallest absolute Gasteiger partial charge is 0.231 e. The number of allylic oxidation sites excluding steroid dienone is 1. The van der Waals surface area contributed by atoms with Crippen LogP contribution in [-0.4, -0.2) is 24.0 Å². The molecule has 0 saturated carbocycles. The van der Waals surface area contributed by atoms with Crippen LogP contribution in [0.2, 0.25) is 0 Å². The SMILES string of the molecule is O=C1NC(=O)[C@H]2CC=C3C[C@H]4C=C[C@H](O4)[C@@H]3[C@@H]12. The second kappa shape index (κ2) is 3.07. The summed E-state index contributed by atoms with van der Waals surface area (Å²) in [6.45, 7) is 0. The van der Waals surface area contributed by atoms with Crippen LogP contribution in [0.3, 0.4) is 0 Å². The molecule has 4 heteroatoms. The maximum absolute atomic E-state index is 11.9. The van der Waals surface area contributed by atoms with Crippen molar-refractivity contribution in [2.75, 3.05) is 0 Å². The van der Waals surface area contributed by atoms with Crippen molar-refractivity contribution in [1.82, 2.24) is 5.32 Å². The average molecular weight is 231 g/mol. The Balaban J connectivity index is 1.79. The monoisotopic (exact) mass is 231 g/mol. The molecule has 3 heterocycles. The first-order valence-electron chi connectivity index (χ1n) is 6.11. The van der Waals surface area contributed by atoms with Crippen LogP contribution < -0.4 is 5.32 Å².